The van der Waals surface area contributed by atoms with Crippen LogP contribution in [0.2, 0.25) is 0 Å². The molecule has 3 saturated carbocycles. The number of alkyl carbamates (subject to hydrolysis) is 1. The molecule has 0 saturated heterocycles. The molecule has 0 aromatic carbocycles. The second-order valence-corrected chi connectivity index (χ2v) is 17.4. The Morgan fingerprint density at radius 3 is 2.44 bits per heavy atom. The van der Waals surface area contributed by atoms with Crippen LogP contribution in [0.1, 0.15) is 144 Å². The highest BCUT2D eigenvalue weighted by Gasteiger charge is 2.59. The summed E-state index contributed by atoms with van der Waals surface area (Å²) in [4.78, 5) is 50.6. The molecule has 3 fully saturated rings. The number of allylic oxidation sites excluding steroid dienone is 1. The van der Waals surface area contributed by atoms with Crippen molar-refractivity contribution in [3.8, 4) is 0 Å². The summed E-state index contributed by atoms with van der Waals surface area (Å²) in [5.74, 6) is 3.59. The Bertz CT molecular complexity index is 1240. The molecule has 296 valence electrons. The lowest BCUT2D eigenvalue weighted by molar-refractivity contribution is -0.151. The highest BCUT2D eigenvalue weighted by molar-refractivity contribution is 5.82. The number of hydrogen-bond acceptors (Lipinski definition) is 8. The van der Waals surface area contributed by atoms with Crippen LogP contribution in [0.3, 0.4) is 0 Å². The second kappa shape index (κ2) is 19.6. The summed E-state index contributed by atoms with van der Waals surface area (Å²) in [6, 6.07) is 0. The van der Waals surface area contributed by atoms with E-state index in [-0.39, 0.29) is 62.8 Å². The fourth-order valence-electron chi connectivity index (χ4n) is 10.9. The van der Waals surface area contributed by atoms with Crippen molar-refractivity contribution < 1.29 is 33.4 Å². The van der Waals surface area contributed by atoms with Crippen LogP contribution < -0.4 is 11.1 Å². The van der Waals surface area contributed by atoms with Gasteiger partial charge in [-0.05, 0) is 111 Å². The smallest absolute Gasteiger partial charge is 0.407 e. The van der Waals surface area contributed by atoms with Gasteiger partial charge in [0.25, 0.3) is 0 Å². The maximum atomic E-state index is 12.8. The van der Waals surface area contributed by atoms with Gasteiger partial charge in [0.2, 0.25) is 5.91 Å². The predicted molar refractivity (Wildman–Crippen MR) is 203 cm³/mol. The molecule has 0 spiro atoms. The largest absolute Gasteiger partial charge is 0.465 e. The van der Waals surface area contributed by atoms with Gasteiger partial charge < -0.3 is 24.4 Å². The van der Waals surface area contributed by atoms with Crippen LogP contribution in [0.5, 0.6) is 0 Å². The molecule has 3 N–H and O–H groups in total. The number of ether oxygens (including phenoxy) is 3. The summed E-state index contributed by atoms with van der Waals surface area (Å²) in [6.45, 7) is 14.4. The Hall–Kier alpha value is -2.62. The van der Waals surface area contributed by atoms with E-state index in [4.69, 9.17) is 19.9 Å². The number of nitrogens with one attached hydrogen (secondary N) is 1. The van der Waals surface area contributed by atoms with Crippen molar-refractivity contribution in [2.75, 3.05) is 33.0 Å². The SMILES string of the molecule is CCOC(=O)CN(CCC(=O)OCN)C(=O)CCCCCNC(=O)O[C@H]1CC[C@@]2(C)C(=CCC3C2CC[C@@]2(C)C3CC[C@@H]2C(C)CCCC(C)C)C1. The molecule has 4 rings (SSSR count). The fourth-order valence-corrected chi connectivity index (χ4v) is 10.9. The van der Waals surface area contributed by atoms with Crippen LogP contribution in [-0.2, 0) is 28.6 Å². The highest BCUT2D eigenvalue weighted by Crippen LogP contribution is 2.67. The lowest BCUT2D eigenvalue weighted by Crippen LogP contribution is -2.51. The second-order valence-electron chi connectivity index (χ2n) is 17.4. The minimum absolute atomic E-state index is 0.0500. The Kier molecular flexibility index (Phi) is 15.9. The van der Waals surface area contributed by atoms with Crippen molar-refractivity contribution in [2.45, 2.75) is 150 Å². The summed E-state index contributed by atoms with van der Waals surface area (Å²) < 4.78 is 15.7. The van der Waals surface area contributed by atoms with Gasteiger partial charge >= 0.3 is 18.0 Å². The standard InChI is InChI=1S/C42H71N3O7/c1-7-50-39(48)27-45(25-21-38(47)51-28-43)37(46)14-9-8-10-24-44-40(49)52-32-19-22-41(5)31(26-32)15-16-33-35-18-17-34(30(4)13-11-12-29(2)3)42(35,6)23-20-36(33)41/h15,29-30,32-36H,7-14,16-28,43H2,1-6H3,(H,44,49)/t30?,32-,33?,34+,35?,36?,41-,42+/m0/s1. The number of carbonyl (C=O) groups is 4. The number of carbonyl (C=O) groups excluding carboxylic acids is 4. The molecule has 0 aromatic rings. The number of nitrogens with two attached hydrogens (primary N) is 1. The average Bonchev–Trinajstić information content (AvgIpc) is 3.45. The summed E-state index contributed by atoms with van der Waals surface area (Å²) >= 11 is 0. The van der Waals surface area contributed by atoms with E-state index in [1.807, 2.05) is 0 Å². The Balaban J connectivity index is 1.18. The van der Waals surface area contributed by atoms with Crippen LogP contribution in [0.4, 0.5) is 4.79 Å². The maximum Gasteiger partial charge on any atom is 0.407 e. The van der Waals surface area contributed by atoms with Crippen LogP contribution in [-0.4, -0.2) is 67.9 Å². The van der Waals surface area contributed by atoms with Crippen LogP contribution in [0, 0.1) is 46.3 Å². The predicted octanol–water partition coefficient (Wildman–Crippen LogP) is 7.92. The molecule has 2 amide bonds. The topological polar surface area (TPSA) is 137 Å². The molecule has 52 heavy (non-hydrogen) atoms. The van der Waals surface area contributed by atoms with E-state index in [1.165, 1.54) is 61.8 Å². The van der Waals surface area contributed by atoms with E-state index in [9.17, 15) is 19.2 Å². The third-order valence-corrected chi connectivity index (χ3v) is 13.7. The molecular weight excluding hydrogens is 658 g/mol. The molecule has 8 atom stereocenters. The number of unbranched alkanes of at least 4 members (excludes halogenated alkanes) is 2. The van der Waals surface area contributed by atoms with E-state index in [0.717, 1.165) is 61.2 Å². The third kappa shape index (κ3) is 10.7. The lowest BCUT2D eigenvalue weighted by Gasteiger charge is -2.58. The Morgan fingerprint density at radius 1 is 0.923 bits per heavy atom. The van der Waals surface area contributed by atoms with Crippen molar-refractivity contribution in [2.24, 2.45) is 52.1 Å². The van der Waals surface area contributed by atoms with Crippen molar-refractivity contribution in [3.63, 3.8) is 0 Å². The summed E-state index contributed by atoms with van der Waals surface area (Å²) in [6.07, 6.45) is 18.0. The molecule has 0 aromatic heterocycles. The van der Waals surface area contributed by atoms with Crippen molar-refractivity contribution in [1.29, 1.82) is 0 Å². The lowest BCUT2D eigenvalue weighted by atomic mass is 9.47. The number of hydrogen-bond donors (Lipinski definition) is 2. The monoisotopic (exact) mass is 730 g/mol. The minimum atomic E-state index is -0.528. The third-order valence-electron chi connectivity index (χ3n) is 13.7. The minimum Gasteiger partial charge on any atom is -0.465 e. The number of fused-ring (bicyclic) bond motifs is 5. The Morgan fingerprint density at radius 2 is 1.71 bits per heavy atom. The van der Waals surface area contributed by atoms with Gasteiger partial charge in [-0.15, -0.1) is 0 Å². The summed E-state index contributed by atoms with van der Waals surface area (Å²) in [5.41, 5.74) is 7.47. The molecule has 0 heterocycles. The highest BCUT2D eigenvalue weighted by atomic mass is 16.6. The zero-order chi connectivity index (χ0) is 37.9. The molecule has 4 aliphatic rings. The molecular formula is C42H71N3O7. The first-order chi connectivity index (χ1) is 24.8. The Labute approximate surface area is 314 Å². The molecule has 10 heteroatoms. The summed E-state index contributed by atoms with van der Waals surface area (Å²) in [5, 5.41) is 2.91. The van der Waals surface area contributed by atoms with E-state index < -0.39 is 11.9 Å². The zero-order valence-electron chi connectivity index (χ0n) is 33.4. The van der Waals surface area contributed by atoms with Gasteiger partial charge in [-0.2, -0.15) is 0 Å². The van der Waals surface area contributed by atoms with E-state index in [2.05, 4.69) is 46.0 Å². The summed E-state index contributed by atoms with van der Waals surface area (Å²) in [7, 11) is 0. The number of rotatable bonds is 19. The van der Waals surface area contributed by atoms with Gasteiger partial charge in [0.05, 0.1) is 13.0 Å². The molecule has 0 aliphatic heterocycles. The van der Waals surface area contributed by atoms with Crippen LogP contribution in [0.25, 0.3) is 0 Å². The zero-order valence-corrected chi connectivity index (χ0v) is 33.4. The number of amides is 2. The van der Waals surface area contributed by atoms with Crippen molar-refractivity contribution >= 4 is 23.9 Å². The van der Waals surface area contributed by atoms with E-state index in [1.54, 1.807) is 6.92 Å². The fraction of sp³-hybridized carbons (Fsp3) is 0.857. The van der Waals surface area contributed by atoms with Crippen molar-refractivity contribution in [3.05, 3.63) is 11.6 Å². The molecule has 0 bridgehead atoms. The normalized spacial score (nSPS) is 29.9. The first-order valence-electron chi connectivity index (χ1n) is 20.7. The molecule has 0 radical (unpaired) electrons. The average molecular weight is 730 g/mol. The number of nitrogens with zero attached hydrogens (tertiary/aromatic N) is 1. The van der Waals surface area contributed by atoms with Crippen LogP contribution in [0.15, 0.2) is 11.6 Å². The molecule has 10 nitrogen and oxygen atoms in total. The van der Waals surface area contributed by atoms with Gasteiger partial charge in [-0.25, -0.2) is 4.79 Å². The van der Waals surface area contributed by atoms with Gasteiger partial charge in [0, 0.05) is 25.9 Å². The van der Waals surface area contributed by atoms with E-state index in [0.29, 0.717) is 24.8 Å². The number of esters is 2. The quantitative estimate of drug-likeness (QED) is 0.0450. The molecule has 4 unspecified atom stereocenters. The van der Waals surface area contributed by atoms with Gasteiger partial charge in [-0.1, -0.05) is 72.0 Å². The first kappa shape index (κ1) is 42.1. The molecule has 4 aliphatic carbocycles. The van der Waals surface area contributed by atoms with Gasteiger partial charge in [0.1, 0.15) is 19.4 Å². The van der Waals surface area contributed by atoms with Gasteiger partial charge in [0.15, 0.2) is 0 Å². The maximum absolute atomic E-state index is 12.8. The van der Waals surface area contributed by atoms with Crippen molar-refractivity contribution in [1.82, 2.24) is 10.2 Å². The first-order valence-corrected chi connectivity index (χ1v) is 20.7. The van der Waals surface area contributed by atoms with Gasteiger partial charge in [-0.3, -0.25) is 20.1 Å². The van der Waals surface area contributed by atoms with Crippen LogP contribution >= 0.6 is 0 Å². The van der Waals surface area contributed by atoms with E-state index >= 15 is 0 Å².